The number of pyridine rings is 1. The fourth-order valence-electron chi connectivity index (χ4n) is 3.26. The number of aromatic amines is 1. The molecule has 2 heterocycles. The number of carbonyl (C=O) groups excluding carboxylic acids is 1. The third-order valence-electron chi connectivity index (χ3n) is 4.65. The van der Waals surface area contributed by atoms with Crippen LogP contribution in [0.15, 0.2) is 53.3 Å². The molecular formula is C20H18N2O4. The zero-order valence-corrected chi connectivity index (χ0v) is 14.2. The number of aliphatic hydroxyl groups excluding tert-OH is 1. The van der Waals surface area contributed by atoms with Crippen molar-refractivity contribution in [3.63, 3.8) is 0 Å². The topological polar surface area (TPSA) is 82.6 Å². The van der Waals surface area contributed by atoms with Crippen molar-refractivity contribution >= 4 is 22.6 Å². The number of cyclic esters (lactones) is 1. The van der Waals surface area contributed by atoms with Gasteiger partial charge in [-0.2, -0.15) is 0 Å². The molecule has 1 aliphatic rings. The number of aliphatic hydroxyl groups is 1. The molecule has 1 fully saturated rings. The van der Waals surface area contributed by atoms with Crippen LogP contribution in [-0.2, 0) is 4.74 Å². The molecule has 1 aliphatic heterocycles. The predicted octanol–water partition coefficient (Wildman–Crippen LogP) is 2.82. The second-order valence-corrected chi connectivity index (χ2v) is 6.40. The van der Waals surface area contributed by atoms with Gasteiger partial charge in [0.25, 0.3) is 5.56 Å². The summed E-state index contributed by atoms with van der Waals surface area (Å²) in [7, 11) is 0. The molecule has 0 saturated carbocycles. The highest BCUT2D eigenvalue weighted by Gasteiger charge is 2.31. The number of fused-ring (bicyclic) bond motifs is 1. The van der Waals surface area contributed by atoms with Crippen molar-refractivity contribution in [2.24, 2.45) is 0 Å². The van der Waals surface area contributed by atoms with Crippen LogP contribution in [0.25, 0.3) is 22.0 Å². The van der Waals surface area contributed by atoms with Gasteiger partial charge in [0, 0.05) is 22.3 Å². The van der Waals surface area contributed by atoms with Gasteiger partial charge in [0.1, 0.15) is 6.10 Å². The Kier molecular flexibility index (Phi) is 3.97. The zero-order chi connectivity index (χ0) is 18.3. The van der Waals surface area contributed by atoms with Crippen LogP contribution in [0.3, 0.4) is 0 Å². The molecular weight excluding hydrogens is 332 g/mol. The van der Waals surface area contributed by atoms with Crippen LogP contribution in [0.5, 0.6) is 0 Å². The highest BCUT2D eigenvalue weighted by molar-refractivity contribution is 5.94. The number of H-pyrrole nitrogens is 1. The Morgan fingerprint density at radius 3 is 2.73 bits per heavy atom. The molecule has 1 aromatic heterocycles. The summed E-state index contributed by atoms with van der Waals surface area (Å²) < 4.78 is 5.06. The van der Waals surface area contributed by atoms with Gasteiger partial charge in [-0.3, -0.25) is 9.69 Å². The summed E-state index contributed by atoms with van der Waals surface area (Å²) in [6.07, 6.45) is -1.06. The molecule has 2 aromatic carbocycles. The molecule has 6 heteroatoms. The third kappa shape index (κ3) is 2.74. The molecule has 4 rings (SSSR count). The van der Waals surface area contributed by atoms with Crippen molar-refractivity contribution in [1.82, 2.24) is 4.98 Å². The Morgan fingerprint density at radius 2 is 2.00 bits per heavy atom. The maximum atomic E-state index is 12.6. The Balaban J connectivity index is 1.78. The molecule has 0 bridgehead atoms. The summed E-state index contributed by atoms with van der Waals surface area (Å²) in [4.78, 5) is 28.9. The summed E-state index contributed by atoms with van der Waals surface area (Å²) in [5, 5.41) is 10.5. The number of nitrogens with one attached hydrogen (secondary N) is 1. The number of aryl methyl sites for hydroxylation is 1. The number of anilines is 1. The Morgan fingerprint density at radius 1 is 1.19 bits per heavy atom. The van der Waals surface area contributed by atoms with E-state index in [1.165, 1.54) is 4.90 Å². The number of ether oxygens (including phenoxy) is 1. The fourth-order valence-corrected chi connectivity index (χ4v) is 3.26. The molecule has 3 aromatic rings. The van der Waals surface area contributed by atoms with Crippen LogP contribution in [-0.4, -0.2) is 35.4 Å². The molecule has 0 spiro atoms. The highest BCUT2D eigenvalue weighted by Crippen LogP contribution is 2.27. The van der Waals surface area contributed by atoms with Gasteiger partial charge in [0.05, 0.1) is 13.2 Å². The molecule has 1 amide bonds. The van der Waals surface area contributed by atoms with Gasteiger partial charge in [-0.1, -0.05) is 30.3 Å². The molecule has 1 atom stereocenters. The van der Waals surface area contributed by atoms with Gasteiger partial charge in [-0.05, 0) is 36.1 Å². The lowest BCUT2D eigenvalue weighted by Crippen LogP contribution is -2.25. The molecule has 6 nitrogen and oxygen atoms in total. The summed E-state index contributed by atoms with van der Waals surface area (Å²) in [5.41, 5.74) is 3.18. The number of carbonyl (C=O) groups is 1. The molecule has 26 heavy (non-hydrogen) atoms. The van der Waals surface area contributed by atoms with Gasteiger partial charge < -0.3 is 14.8 Å². The predicted molar refractivity (Wildman–Crippen MR) is 99.4 cm³/mol. The molecule has 132 valence electrons. The van der Waals surface area contributed by atoms with Crippen molar-refractivity contribution in [3.05, 3.63) is 64.4 Å². The quantitative estimate of drug-likeness (QED) is 0.761. The molecule has 1 unspecified atom stereocenters. The first-order chi connectivity index (χ1) is 12.6. The van der Waals surface area contributed by atoms with Gasteiger partial charge >= 0.3 is 6.09 Å². The lowest BCUT2D eigenvalue weighted by Gasteiger charge is -2.14. The molecule has 0 radical (unpaired) electrons. The number of aromatic nitrogens is 1. The van der Waals surface area contributed by atoms with Crippen LogP contribution in [0.4, 0.5) is 10.5 Å². The number of nitrogens with zero attached hydrogens (tertiary/aromatic N) is 1. The average Bonchev–Trinajstić information content (AvgIpc) is 3.03. The normalized spacial score (nSPS) is 16.9. The lowest BCUT2D eigenvalue weighted by atomic mass is 10.0. The van der Waals surface area contributed by atoms with Gasteiger partial charge in [0.15, 0.2) is 0 Å². The van der Waals surface area contributed by atoms with Crippen LogP contribution in [0.2, 0.25) is 0 Å². The zero-order valence-electron chi connectivity index (χ0n) is 14.2. The highest BCUT2D eigenvalue weighted by atomic mass is 16.6. The van der Waals surface area contributed by atoms with Crippen molar-refractivity contribution in [2.45, 2.75) is 13.0 Å². The standard InChI is InChI=1S/C20H18N2O4/c1-12-4-2-3-5-16(12)18-8-13-6-7-14(9-17(13)19(24)21-18)22-10-15(11-23)26-20(22)25/h2-9,15,23H,10-11H2,1H3,(H,21,24). The summed E-state index contributed by atoms with van der Waals surface area (Å²) in [6.45, 7) is 2.04. The van der Waals surface area contributed by atoms with E-state index in [-0.39, 0.29) is 18.7 Å². The van der Waals surface area contributed by atoms with E-state index in [0.29, 0.717) is 11.1 Å². The first-order valence-electron chi connectivity index (χ1n) is 8.39. The van der Waals surface area contributed by atoms with E-state index >= 15 is 0 Å². The third-order valence-corrected chi connectivity index (χ3v) is 4.65. The summed E-state index contributed by atoms with van der Waals surface area (Å²) in [6, 6.07) is 15.1. The van der Waals surface area contributed by atoms with E-state index in [2.05, 4.69) is 4.98 Å². The second kappa shape index (κ2) is 6.31. The van der Waals surface area contributed by atoms with Crippen molar-refractivity contribution in [3.8, 4) is 11.3 Å². The Bertz CT molecular complexity index is 1060. The maximum absolute atomic E-state index is 12.6. The van der Waals surface area contributed by atoms with Crippen LogP contribution >= 0.6 is 0 Å². The molecule has 0 aliphatic carbocycles. The van der Waals surface area contributed by atoms with Crippen molar-refractivity contribution < 1.29 is 14.6 Å². The van der Waals surface area contributed by atoms with Crippen LogP contribution in [0.1, 0.15) is 5.56 Å². The van der Waals surface area contributed by atoms with E-state index in [1.807, 2.05) is 43.3 Å². The van der Waals surface area contributed by atoms with E-state index in [1.54, 1.807) is 12.1 Å². The number of rotatable bonds is 3. The van der Waals surface area contributed by atoms with Crippen LogP contribution in [0, 0.1) is 6.92 Å². The smallest absolute Gasteiger partial charge is 0.414 e. The van der Waals surface area contributed by atoms with Gasteiger partial charge in [-0.25, -0.2) is 4.79 Å². The van der Waals surface area contributed by atoms with Gasteiger partial charge in [0.2, 0.25) is 0 Å². The summed E-state index contributed by atoms with van der Waals surface area (Å²) in [5.74, 6) is 0. The molecule has 2 N–H and O–H groups in total. The fraction of sp³-hybridized carbons (Fsp3) is 0.200. The van der Waals surface area contributed by atoms with E-state index in [9.17, 15) is 9.59 Å². The second-order valence-electron chi connectivity index (χ2n) is 6.40. The largest absolute Gasteiger partial charge is 0.441 e. The Labute approximate surface area is 149 Å². The lowest BCUT2D eigenvalue weighted by molar-refractivity contribution is 0.0963. The number of amides is 1. The minimum Gasteiger partial charge on any atom is -0.441 e. The van der Waals surface area contributed by atoms with E-state index < -0.39 is 12.2 Å². The average molecular weight is 350 g/mol. The van der Waals surface area contributed by atoms with Crippen molar-refractivity contribution in [1.29, 1.82) is 0 Å². The number of hydrogen-bond donors (Lipinski definition) is 2. The van der Waals surface area contributed by atoms with Crippen LogP contribution < -0.4 is 10.5 Å². The first-order valence-corrected chi connectivity index (χ1v) is 8.39. The number of hydrogen-bond acceptors (Lipinski definition) is 4. The van der Waals surface area contributed by atoms with E-state index in [4.69, 9.17) is 9.84 Å². The first kappa shape index (κ1) is 16.4. The minimum absolute atomic E-state index is 0.214. The minimum atomic E-state index is -0.542. The van der Waals surface area contributed by atoms with Crippen molar-refractivity contribution in [2.75, 3.05) is 18.1 Å². The SMILES string of the molecule is Cc1ccccc1-c1cc2ccc(N3CC(CO)OC3=O)cc2c(=O)[nH]1. The monoisotopic (exact) mass is 350 g/mol. The number of benzene rings is 2. The Hall–Kier alpha value is -3.12. The maximum Gasteiger partial charge on any atom is 0.414 e. The van der Waals surface area contributed by atoms with E-state index in [0.717, 1.165) is 22.2 Å². The molecule has 1 saturated heterocycles. The summed E-state index contributed by atoms with van der Waals surface area (Å²) >= 11 is 0. The van der Waals surface area contributed by atoms with Gasteiger partial charge in [-0.15, -0.1) is 0 Å².